The standard InChI is InChI=1S/C29H22BrN3O7S2/c1-39-18-9-5-16(6-10-18)33-27(36)23-22(24-26(32-29(38)42-24)41-25(23)28(33)37)19-12-14(30)2-11-20(19)40-13-21(35)31-15-3-7-17(34)8-4-15/h2-12,22-23,25,34H,13H2,1H3,(H,31,35)(H,32,38). The van der Waals surface area contributed by atoms with Gasteiger partial charge in [-0.1, -0.05) is 39.0 Å². The van der Waals surface area contributed by atoms with Crippen LogP contribution in [0.1, 0.15) is 16.4 Å². The van der Waals surface area contributed by atoms with E-state index in [4.69, 9.17) is 9.47 Å². The molecule has 3 atom stereocenters. The number of thioether (sulfide) groups is 1. The van der Waals surface area contributed by atoms with Crippen molar-refractivity contribution in [3.63, 3.8) is 0 Å². The van der Waals surface area contributed by atoms with Gasteiger partial charge in [0.25, 0.3) is 5.91 Å². The fourth-order valence-corrected chi connectivity index (χ4v) is 8.00. The Morgan fingerprint density at radius 2 is 1.79 bits per heavy atom. The Hall–Kier alpha value is -4.07. The molecule has 1 aromatic heterocycles. The highest BCUT2D eigenvalue weighted by molar-refractivity contribution is 9.10. The molecule has 4 aromatic rings. The van der Waals surface area contributed by atoms with Gasteiger partial charge < -0.3 is 24.9 Å². The number of halogens is 1. The molecule has 3 N–H and O–H groups in total. The lowest BCUT2D eigenvalue weighted by Crippen LogP contribution is -2.32. The number of nitrogens with one attached hydrogen (secondary N) is 2. The fraction of sp³-hybridized carbons (Fsp3) is 0.172. The Morgan fingerprint density at radius 3 is 2.50 bits per heavy atom. The molecule has 2 aliphatic rings. The molecule has 0 saturated carbocycles. The second kappa shape index (κ2) is 11.3. The third-order valence-corrected chi connectivity index (χ3v) is 9.87. The Bertz CT molecular complexity index is 1750. The van der Waals surface area contributed by atoms with E-state index in [0.29, 0.717) is 42.8 Å². The summed E-state index contributed by atoms with van der Waals surface area (Å²) in [6.07, 6.45) is 0. The predicted octanol–water partition coefficient (Wildman–Crippen LogP) is 4.73. The number of phenols is 1. The van der Waals surface area contributed by atoms with Crippen LogP contribution in [-0.2, 0) is 14.4 Å². The second-order valence-electron chi connectivity index (χ2n) is 9.53. The summed E-state index contributed by atoms with van der Waals surface area (Å²) >= 11 is 5.67. The number of carbonyl (C=O) groups excluding carboxylic acids is 3. The average molecular weight is 669 g/mol. The summed E-state index contributed by atoms with van der Waals surface area (Å²) in [7, 11) is 1.53. The normalized spacial score (nSPS) is 19.3. The van der Waals surface area contributed by atoms with Gasteiger partial charge in [0.15, 0.2) is 6.61 Å². The number of carbonyl (C=O) groups is 3. The molecule has 3 heterocycles. The van der Waals surface area contributed by atoms with Crippen molar-refractivity contribution in [3.8, 4) is 17.2 Å². The van der Waals surface area contributed by atoms with Crippen molar-refractivity contribution in [2.45, 2.75) is 16.2 Å². The summed E-state index contributed by atoms with van der Waals surface area (Å²) < 4.78 is 11.9. The van der Waals surface area contributed by atoms with Crippen LogP contribution in [0.2, 0.25) is 0 Å². The van der Waals surface area contributed by atoms with Gasteiger partial charge in [0.05, 0.1) is 23.7 Å². The molecule has 6 rings (SSSR count). The SMILES string of the molecule is COc1ccc(N2C(=O)C3Sc4[nH]c(=O)sc4C(c4cc(Br)ccc4OCC(=O)Nc4ccc(O)cc4)C3C2=O)cc1. The van der Waals surface area contributed by atoms with Crippen molar-refractivity contribution < 1.29 is 29.0 Å². The minimum Gasteiger partial charge on any atom is -0.508 e. The smallest absolute Gasteiger partial charge is 0.305 e. The first-order valence-corrected chi connectivity index (χ1v) is 15.1. The number of hydrogen-bond donors (Lipinski definition) is 3. The molecular weight excluding hydrogens is 646 g/mol. The third-order valence-electron chi connectivity index (χ3n) is 6.97. The number of H-pyrrole nitrogens is 1. The van der Waals surface area contributed by atoms with Crippen molar-refractivity contribution in [1.82, 2.24) is 4.98 Å². The van der Waals surface area contributed by atoms with Gasteiger partial charge in [-0.2, -0.15) is 0 Å². The van der Waals surface area contributed by atoms with Crippen LogP contribution in [0.4, 0.5) is 11.4 Å². The van der Waals surface area contributed by atoms with Crippen molar-refractivity contribution in [3.05, 3.63) is 91.3 Å². The molecule has 0 spiro atoms. The van der Waals surface area contributed by atoms with Crippen LogP contribution in [0.3, 0.4) is 0 Å². The van der Waals surface area contributed by atoms with Crippen LogP contribution in [0.15, 0.2) is 81.0 Å². The fourth-order valence-electron chi connectivity index (χ4n) is 5.12. The average Bonchev–Trinajstić information content (AvgIpc) is 3.47. The highest BCUT2D eigenvalue weighted by Gasteiger charge is 2.56. The van der Waals surface area contributed by atoms with Gasteiger partial charge in [0.1, 0.15) is 22.5 Å². The zero-order chi connectivity index (χ0) is 29.5. The van der Waals surface area contributed by atoms with Crippen molar-refractivity contribution >= 4 is 68.1 Å². The topological polar surface area (TPSA) is 138 Å². The highest BCUT2D eigenvalue weighted by atomic mass is 79.9. The molecule has 3 amide bonds. The molecule has 0 bridgehead atoms. The quantitative estimate of drug-likeness (QED) is 0.190. The van der Waals surface area contributed by atoms with Gasteiger partial charge >= 0.3 is 4.87 Å². The monoisotopic (exact) mass is 667 g/mol. The molecule has 3 aromatic carbocycles. The Labute approximate surface area is 255 Å². The van der Waals surface area contributed by atoms with Gasteiger partial charge in [-0.25, -0.2) is 4.90 Å². The number of rotatable bonds is 7. The van der Waals surface area contributed by atoms with Crippen LogP contribution in [0.25, 0.3) is 0 Å². The molecular formula is C29H22BrN3O7S2. The van der Waals surface area contributed by atoms with Gasteiger partial charge in [0, 0.05) is 26.5 Å². The molecule has 13 heteroatoms. The van der Waals surface area contributed by atoms with Gasteiger partial charge in [-0.15, -0.1) is 0 Å². The van der Waals surface area contributed by atoms with E-state index in [2.05, 4.69) is 26.2 Å². The van der Waals surface area contributed by atoms with E-state index in [1.54, 1.807) is 54.6 Å². The number of anilines is 2. The second-order valence-corrected chi connectivity index (χ2v) is 12.6. The van der Waals surface area contributed by atoms with E-state index in [1.165, 1.54) is 35.9 Å². The van der Waals surface area contributed by atoms with Gasteiger partial charge in [0.2, 0.25) is 11.8 Å². The lowest BCUT2D eigenvalue weighted by molar-refractivity contribution is -0.122. The number of amides is 3. The Balaban J connectivity index is 1.35. The van der Waals surface area contributed by atoms with E-state index in [0.717, 1.165) is 11.3 Å². The number of aromatic amines is 1. The van der Waals surface area contributed by atoms with E-state index >= 15 is 0 Å². The van der Waals surface area contributed by atoms with E-state index < -0.39 is 28.9 Å². The summed E-state index contributed by atoms with van der Waals surface area (Å²) in [5.41, 5.74) is 1.47. The van der Waals surface area contributed by atoms with Crippen LogP contribution in [-0.4, -0.2) is 46.8 Å². The first-order valence-electron chi connectivity index (χ1n) is 12.7. The molecule has 3 unspecified atom stereocenters. The molecule has 42 heavy (non-hydrogen) atoms. The van der Waals surface area contributed by atoms with E-state index in [1.807, 2.05) is 0 Å². The number of imide groups is 1. The number of thiazole rings is 1. The number of hydrogen-bond acceptors (Lipinski definition) is 9. The lowest BCUT2D eigenvalue weighted by atomic mass is 9.82. The molecule has 2 aliphatic heterocycles. The first-order chi connectivity index (χ1) is 20.2. The Morgan fingerprint density at radius 1 is 1.05 bits per heavy atom. The minimum atomic E-state index is -0.828. The maximum atomic E-state index is 14.0. The van der Waals surface area contributed by atoms with Crippen LogP contribution >= 0.6 is 39.0 Å². The van der Waals surface area contributed by atoms with Crippen molar-refractivity contribution in [2.75, 3.05) is 23.9 Å². The molecule has 1 fully saturated rings. The summed E-state index contributed by atoms with van der Waals surface area (Å²) in [6, 6.07) is 17.9. The number of aromatic hydroxyl groups is 1. The van der Waals surface area contributed by atoms with E-state index in [9.17, 15) is 24.3 Å². The number of methoxy groups -OCH3 is 1. The van der Waals surface area contributed by atoms with Gasteiger partial charge in [-0.05, 0) is 66.7 Å². The molecule has 0 aliphatic carbocycles. The highest BCUT2D eigenvalue weighted by Crippen LogP contribution is 2.54. The van der Waals surface area contributed by atoms with Crippen molar-refractivity contribution in [1.29, 1.82) is 0 Å². The van der Waals surface area contributed by atoms with Gasteiger partial charge in [-0.3, -0.25) is 19.2 Å². The lowest BCUT2D eigenvalue weighted by Gasteiger charge is -2.31. The third kappa shape index (κ3) is 5.19. The van der Waals surface area contributed by atoms with Crippen LogP contribution in [0.5, 0.6) is 17.2 Å². The van der Waals surface area contributed by atoms with E-state index in [-0.39, 0.29) is 23.1 Å². The van der Waals surface area contributed by atoms with Crippen LogP contribution in [0, 0.1) is 5.92 Å². The minimum absolute atomic E-state index is 0.0737. The maximum Gasteiger partial charge on any atom is 0.305 e. The number of benzene rings is 3. The molecule has 214 valence electrons. The number of phenolic OH excluding ortho intramolecular Hbond substituents is 1. The number of fused-ring (bicyclic) bond motifs is 2. The van der Waals surface area contributed by atoms with Crippen LogP contribution < -0.4 is 24.6 Å². The Kier molecular flexibility index (Phi) is 7.56. The molecule has 10 nitrogen and oxygen atoms in total. The summed E-state index contributed by atoms with van der Waals surface area (Å²) in [5.74, 6) is -1.73. The summed E-state index contributed by atoms with van der Waals surface area (Å²) in [6.45, 7) is -0.341. The largest absolute Gasteiger partial charge is 0.508 e. The molecule has 1 saturated heterocycles. The number of aromatic nitrogens is 1. The predicted molar refractivity (Wildman–Crippen MR) is 162 cm³/mol. The maximum absolute atomic E-state index is 14.0. The first kappa shape index (κ1) is 28.1. The zero-order valence-corrected chi connectivity index (χ0v) is 25.0. The summed E-state index contributed by atoms with van der Waals surface area (Å²) in [5, 5.41) is 11.9. The number of ether oxygens (including phenoxy) is 2. The zero-order valence-electron chi connectivity index (χ0n) is 21.8. The van der Waals surface area contributed by atoms with Crippen molar-refractivity contribution in [2.24, 2.45) is 5.92 Å². The number of nitrogens with zero attached hydrogens (tertiary/aromatic N) is 1. The summed E-state index contributed by atoms with van der Waals surface area (Å²) in [4.78, 5) is 57.2. The molecule has 0 radical (unpaired) electrons.